The van der Waals surface area contributed by atoms with Crippen LogP contribution in [0.15, 0.2) is 34.6 Å². The van der Waals surface area contributed by atoms with Gasteiger partial charge in [-0.3, -0.25) is 9.79 Å². The van der Waals surface area contributed by atoms with Gasteiger partial charge in [0.25, 0.3) is 0 Å². The van der Waals surface area contributed by atoms with E-state index in [0.717, 1.165) is 40.8 Å². The first-order valence-corrected chi connectivity index (χ1v) is 10.0. The van der Waals surface area contributed by atoms with Crippen molar-refractivity contribution in [1.29, 1.82) is 0 Å². The Morgan fingerprint density at radius 3 is 2.43 bits per heavy atom. The number of alkyl halides is 3. The second-order valence-corrected chi connectivity index (χ2v) is 7.58. The number of carbonyl (C=O) groups excluding carboxylic acids is 1. The van der Waals surface area contributed by atoms with Crippen molar-refractivity contribution >= 4 is 47.2 Å². The van der Waals surface area contributed by atoms with Crippen molar-refractivity contribution in [3.8, 4) is 0 Å². The zero-order valence-corrected chi connectivity index (χ0v) is 19.5. The number of hydrogen-bond donors (Lipinski definition) is 2. The van der Waals surface area contributed by atoms with Crippen LogP contribution in [-0.4, -0.2) is 35.3 Å². The van der Waals surface area contributed by atoms with Gasteiger partial charge in [-0.05, 0) is 17.5 Å². The zero-order valence-electron chi connectivity index (χ0n) is 16.3. The molecule has 0 aliphatic carbocycles. The van der Waals surface area contributed by atoms with E-state index in [9.17, 15) is 18.0 Å². The van der Waals surface area contributed by atoms with Crippen molar-refractivity contribution < 1.29 is 18.0 Å². The summed E-state index contributed by atoms with van der Waals surface area (Å²) in [6.07, 6.45) is -2.87. The fraction of sp³-hybridized carbons (Fsp3) is 0.421. The minimum absolute atomic E-state index is 0. The topological polar surface area (TPSA) is 69.6 Å². The molecule has 0 spiro atoms. The molecule has 2 N–H and O–H groups in total. The summed E-state index contributed by atoms with van der Waals surface area (Å²) in [7, 11) is 1.59. The number of nitrogens with one attached hydrogen (secondary N) is 2. The van der Waals surface area contributed by atoms with Gasteiger partial charge in [0.15, 0.2) is 11.7 Å². The van der Waals surface area contributed by atoms with E-state index in [1.807, 2.05) is 29.2 Å². The Morgan fingerprint density at radius 2 is 1.87 bits per heavy atom. The summed E-state index contributed by atoms with van der Waals surface area (Å²) in [6, 6.07) is 7.94. The van der Waals surface area contributed by atoms with Gasteiger partial charge in [0.2, 0.25) is 5.91 Å². The maximum Gasteiger partial charge on any atom is 0.434 e. The molecule has 1 fully saturated rings. The van der Waals surface area contributed by atoms with Gasteiger partial charge in [0.1, 0.15) is 5.01 Å². The highest BCUT2D eigenvalue weighted by molar-refractivity contribution is 14.0. The van der Waals surface area contributed by atoms with Gasteiger partial charge in [-0.15, -0.1) is 35.3 Å². The van der Waals surface area contributed by atoms with E-state index in [1.165, 1.54) is 0 Å². The Kier molecular flexibility index (Phi) is 8.89. The van der Waals surface area contributed by atoms with Gasteiger partial charge in [-0.1, -0.05) is 24.3 Å². The minimum Gasteiger partial charge on any atom is -0.352 e. The Hall–Kier alpha value is -1.89. The molecule has 164 valence electrons. The molecule has 0 radical (unpaired) electrons. The molecule has 1 aromatic heterocycles. The number of guanidine groups is 1. The van der Waals surface area contributed by atoms with Crippen molar-refractivity contribution in [3.63, 3.8) is 0 Å². The average Bonchev–Trinajstić information content (AvgIpc) is 3.32. The third-order valence-corrected chi connectivity index (χ3v) is 5.35. The standard InChI is InChI=1S/C19H22F3N5OS.HI/c1-23-18(25-10-16-26-15(12-29-16)19(20,21)22)24-9-13-4-6-14(7-5-13)11-27-8-2-3-17(27)28;/h4-7,12H,2-3,8-11H2,1H3,(H2,23,24,25);1H. The number of aliphatic imine (C=N–C) groups is 1. The first-order valence-electron chi connectivity index (χ1n) is 9.17. The Balaban J connectivity index is 0.00000320. The molecule has 0 bridgehead atoms. The average molecular weight is 553 g/mol. The van der Waals surface area contributed by atoms with E-state index in [2.05, 4.69) is 20.6 Å². The van der Waals surface area contributed by atoms with E-state index in [0.29, 0.717) is 30.5 Å². The van der Waals surface area contributed by atoms with Crippen LogP contribution in [0, 0.1) is 0 Å². The second kappa shape index (κ2) is 10.9. The summed E-state index contributed by atoms with van der Waals surface area (Å²) in [6.45, 7) is 2.11. The van der Waals surface area contributed by atoms with Crippen molar-refractivity contribution in [1.82, 2.24) is 20.5 Å². The van der Waals surface area contributed by atoms with Crippen LogP contribution in [0.2, 0.25) is 0 Å². The molecular weight excluding hydrogens is 530 g/mol. The third kappa shape index (κ3) is 6.83. The number of benzene rings is 1. The molecule has 1 aliphatic heterocycles. The molecule has 1 aliphatic rings. The number of likely N-dealkylation sites (tertiary alicyclic amines) is 1. The normalized spacial score (nSPS) is 14.6. The van der Waals surface area contributed by atoms with Gasteiger partial charge >= 0.3 is 6.18 Å². The third-order valence-electron chi connectivity index (χ3n) is 4.50. The van der Waals surface area contributed by atoms with Gasteiger partial charge in [-0.25, -0.2) is 4.98 Å². The van der Waals surface area contributed by atoms with Crippen LogP contribution in [0.25, 0.3) is 0 Å². The second-order valence-electron chi connectivity index (χ2n) is 6.64. The van der Waals surface area contributed by atoms with Crippen LogP contribution in [0.3, 0.4) is 0 Å². The van der Waals surface area contributed by atoms with E-state index >= 15 is 0 Å². The van der Waals surface area contributed by atoms with Crippen LogP contribution >= 0.6 is 35.3 Å². The first kappa shape index (κ1) is 24.4. The molecule has 11 heteroatoms. The SMILES string of the molecule is CN=C(NCc1ccc(CN2CCCC2=O)cc1)NCc1nc(C(F)(F)F)cs1.I. The van der Waals surface area contributed by atoms with Gasteiger partial charge in [0.05, 0.1) is 6.54 Å². The van der Waals surface area contributed by atoms with Crippen molar-refractivity contribution in [3.05, 3.63) is 51.5 Å². The molecule has 0 atom stereocenters. The Morgan fingerprint density at radius 1 is 1.20 bits per heavy atom. The summed E-state index contributed by atoms with van der Waals surface area (Å²) in [5.74, 6) is 0.675. The maximum absolute atomic E-state index is 12.6. The monoisotopic (exact) mass is 553 g/mol. The molecule has 1 aromatic carbocycles. The highest BCUT2D eigenvalue weighted by Gasteiger charge is 2.33. The Bertz CT molecular complexity index is 870. The summed E-state index contributed by atoms with van der Waals surface area (Å²) in [5.41, 5.74) is 1.23. The fourth-order valence-corrected chi connectivity index (χ4v) is 3.68. The molecule has 1 amide bonds. The van der Waals surface area contributed by atoms with Crippen LogP contribution < -0.4 is 10.6 Å². The molecule has 3 rings (SSSR count). The van der Waals surface area contributed by atoms with Crippen LogP contribution in [-0.2, 0) is 30.6 Å². The number of aromatic nitrogens is 1. The lowest BCUT2D eigenvalue weighted by Gasteiger charge is -2.16. The largest absolute Gasteiger partial charge is 0.434 e. The smallest absolute Gasteiger partial charge is 0.352 e. The highest BCUT2D eigenvalue weighted by atomic mass is 127. The molecule has 0 saturated carbocycles. The van der Waals surface area contributed by atoms with E-state index < -0.39 is 11.9 Å². The summed E-state index contributed by atoms with van der Waals surface area (Å²) < 4.78 is 37.8. The summed E-state index contributed by atoms with van der Waals surface area (Å²) in [5, 5.41) is 7.42. The molecule has 30 heavy (non-hydrogen) atoms. The predicted molar refractivity (Wildman–Crippen MR) is 121 cm³/mol. The lowest BCUT2D eigenvalue weighted by Crippen LogP contribution is -2.36. The fourth-order valence-electron chi connectivity index (χ4n) is 2.94. The number of hydrogen-bond acceptors (Lipinski definition) is 4. The van der Waals surface area contributed by atoms with Crippen LogP contribution in [0.5, 0.6) is 0 Å². The summed E-state index contributed by atoms with van der Waals surface area (Å²) >= 11 is 0.954. The maximum atomic E-state index is 12.6. The van der Waals surface area contributed by atoms with E-state index in [4.69, 9.17) is 0 Å². The summed E-state index contributed by atoms with van der Waals surface area (Å²) in [4.78, 5) is 21.2. The number of nitrogens with zero attached hydrogens (tertiary/aromatic N) is 3. The number of halogens is 4. The number of thiazole rings is 1. The number of carbonyl (C=O) groups is 1. The lowest BCUT2D eigenvalue weighted by molar-refractivity contribution is -0.140. The van der Waals surface area contributed by atoms with Gasteiger partial charge in [-0.2, -0.15) is 13.2 Å². The minimum atomic E-state index is -4.43. The van der Waals surface area contributed by atoms with Crippen LogP contribution in [0.4, 0.5) is 13.2 Å². The molecule has 2 aromatic rings. The van der Waals surface area contributed by atoms with Crippen molar-refractivity contribution in [2.75, 3.05) is 13.6 Å². The zero-order chi connectivity index (χ0) is 20.9. The Labute approximate surface area is 194 Å². The van der Waals surface area contributed by atoms with Crippen molar-refractivity contribution in [2.24, 2.45) is 4.99 Å². The van der Waals surface area contributed by atoms with E-state index in [-0.39, 0.29) is 36.4 Å². The highest BCUT2D eigenvalue weighted by Crippen LogP contribution is 2.29. The predicted octanol–water partition coefficient (Wildman–Crippen LogP) is 3.77. The molecule has 1 saturated heterocycles. The molecular formula is C19H23F3IN5OS. The first-order chi connectivity index (χ1) is 13.8. The molecule has 2 heterocycles. The quantitative estimate of drug-likeness (QED) is 0.325. The van der Waals surface area contributed by atoms with E-state index in [1.54, 1.807) is 7.05 Å². The number of rotatable bonds is 6. The van der Waals surface area contributed by atoms with Crippen LogP contribution in [0.1, 0.15) is 34.7 Å². The number of amides is 1. The lowest BCUT2D eigenvalue weighted by atomic mass is 10.1. The van der Waals surface area contributed by atoms with Crippen molar-refractivity contribution in [2.45, 2.75) is 38.7 Å². The molecule has 6 nitrogen and oxygen atoms in total. The van der Waals surface area contributed by atoms with Gasteiger partial charge in [0, 0.05) is 38.5 Å². The van der Waals surface area contributed by atoms with Gasteiger partial charge < -0.3 is 15.5 Å². The molecule has 0 unspecified atom stereocenters.